The number of piperidine rings is 1. The first-order chi connectivity index (χ1) is 9.78. The number of amides is 1. The van der Waals surface area contributed by atoms with E-state index in [-0.39, 0.29) is 11.9 Å². The van der Waals surface area contributed by atoms with Crippen molar-refractivity contribution in [3.8, 4) is 12.3 Å². The molecule has 2 aliphatic heterocycles. The average molecular weight is 275 g/mol. The standard InChI is InChI=1S/C16H25N3O/c1-2-9-18-10-4-3-5-15(18)16(20)17-13-8-11-19(12-13)14-6-7-14/h1,13-15H,3-12H2,(H,17,20)/t13-,15+/m1/s1. The number of nitrogens with zero attached hydrogens (tertiary/aromatic N) is 2. The number of likely N-dealkylation sites (tertiary alicyclic amines) is 2. The molecule has 20 heavy (non-hydrogen) atoms. The minimum Gasteiger partial charge on any atom is -0.351 e. The first-order valence-corrected chi connectivity index (χ1v) is 8.00. The predicted octanol–water partition coefficient (Wildman–Crippen LogP) is 0.827. The molecule has 0 bridgehead atoms. The summed E-state index contributed by atoms with van der Waals surface area (Å²) in [5, 5.41) is 3.26. The van der Waals surface area contributed by atoms with E-state index in [1.807, 2.05) is 0 Å². The maximum atomic E-state index is 12.5. The molecule has 1 saturated carbocycles. The van der Waals surface area contributed by atoms with Crippen LogP contribution in [0.25, 0.3) is 0 Å². The summed E-state index contributed by atoms with van der Waals surface area (Å²) < 4.78 is 0. The van der Waals surface area contributed by atoms with Crippen molar-refractivity contribution in [3.05, 3.63) is 0 Å². The summed E-state index contributed by atoms with van der Waals surface area (Å²) in [6.07, 6.45) is 12.5. The molecule has 3 rings (SSSR count). The van der Waals surface area contributed by atoms with Gasteiger partial charge in [0.05, 0.1) is 12.6 Å². The van der Waals surface area contributed by atoms with Crippen LogP contribution in [0.5, 0.6) is 0 Å². The number of hydrogen-bond donors (Lipinski definition) is 1. The number of rotatable bonds is 4. The molecule has 3 aliphatic rings. The molecular weight excluding hydrogens is 250 g/mol. The molecule has 0 aromatic rings. The van der Waals surface area contributed by atoms with Gasteiger partial charge in [-0.3, -0.25) is 14.6 Å². The van der Waals surface area contributed by atoms with Crippen LogP contribution in [0.2, 0.25) is 0 Å². The van der Waals surface area contributed by atoms with E-state index in [2.05, 4.69) is 21.0 Å². The lowest BCUT2D eigenvalue weighted by atomic mass is 10.0. The van der Waals surface area contributed by atoms with Crippen LogP contribution in [0.3, 0.4) is 0 Å². The molecule has 1 aliphatic carbocycles. The van der Waals surface area contributed by atoms with Crippen LogP contribution >= 0.6 is 0 Å². The lowest BCUT2D eigenvalue weighted by molar-refractivity contribution is -0.128. The van der Waals surface area contributed by atoms with Gasteiger partial charge in [0.2, 0.25) is 5.91 Å². The fourth-order valence-corrected chi connectivity index (χ4v) is 3.57. The minimum atomic E-state index is -0.00484. The highest BCUT2D eigenvalue weighted by Crippen LogP contribution is 2.29. The molecule has 3 fully saturated rings. The van der Waals surface area contributed by atoms with Gasteiger partial charge in [0, 0.05) is 25.2 Å². The smallest absolute Gasteiger partial charge is 0.237 e. The second kappa shape index (κ2) is 6.15. The Morgan fingerprint density at radius 3 is 2.80 bits per heavy atom. The third-order valence-corrected chi connectivity index (χ3v) is 4.84. The van der Waals surface area contributed by atoms with Crippen LogP contribution in [0.15, 0.2) is 0 Å². The molecule has 1 N–H and O–H groups in total. The molecular formula is C16H25N3O. The molecule has 0 radical (unpaired) electrons. The zero-order valence-corrected chi connectivity index (χ0v) is 12.2. The van der Waals surface area contributed by atoms with Crippen molar-refractivity contribution in [1.29, 1.82) is 0 Å². The summed E-state index contributed by atoms with van der Waals surface area (Å²) in [5.74, 6) is 2.88. The Morgan fingerprint density at radius 2 is 2.05 bits per heavy atom. The Kier molecular flexibility index (Phi) is 4.28. The highest BCUT2D eigenvalue weighted by Gasteiger charge is 2.36. The molecule has 4 nitrogen and oxygen atoms in total. The van der Waals surface area contributed by atoms with E-state index in [0.717, 1.165) is 51.4 Å². The van der Waals surface area contributed by atoms with Crippen LogP contribution in [0.1, 0.15) is 38.5 Å². The van der Waals surface area contributed by atoms with E-state index >= 15 is 0 Å². The van der Waals surface area contributed by atoms with Crippen LogP contribution in [-0.4, -0.2) is 60.0 Å². The SMILES string of the molecule is C#CCN1CCCC[C@H]1C(=O)N[C@@H]1CCN(C2CC2)C1. The van der Waals surface area contributed by atoms with Crippen molar-refractivity contribution >= 4 is 5.91 Å². The lowest BCUT2D eigenvalue weighted by Gasteiger charge is -2.33. The van der Waals surface area contributed by atoms with Crippen molar-refractivity contribution in [2.75, 3.05) is 26.2 Å². The van der Waals surface area contributed by atoms with Gasteiger partial charge in [-0.05, 0) is 38.6 Å². The molecule has 4 heteroatoms. The number of carbonyl (C=O) groups is 1. The monoisotopic (exact) mass is 275 g/mol. The van der Waals surface area contributed by atoms with Gasteiger partial charge in [0.1, 0.15) is 0 Å². The van der Waals surface area contributed by atoms with Crippen molar-refractivity contribution in [3.63, 3.8) is 0 Å². The summed E-state index contributed by atoms with van der Waals surface area (Å²) in [4.78, 5) is 17.2. The van der Waals surface area contributed by atoms with Gasteiger partial charge in [-0.25, -0.2) is 0 Å². The van der Waals surface area contributed by atoms with Gasteiger partial charge in [0.15, 0.2) is 0 Å². The molecule has 0 unspecified atom stereocenters. The van der Waals surface area contributed by atoms with Crippen molar-refractivity contribution in [2.24, 2.45) is 0 Å². The molecule has 2 heterocycles. The van der Waals surface area contributed by atoms with Crippen molar-refractivity contribution < 1.29 is 4.79 Å². The summed E-state index contributed by atoms with van der Waals surface area (Å²) in [6.45, 7) is 3.74. The molecule has 0 aromatic carbocycles. The fourth-order valence-electron chi connectivity index (χ4n) is 3.57. The average Bonchev–Trinajstić information content (AvgIpc) is 3.20. The van der Waals surface area contributed by atoms with Gasteiger partial charge in [-0.15, -0.1) is 6.42 Å². The first-order valence-electron chi connectivity index (χ1n) is 8.00. The topological polar surface area (TPSA) is 35.6 Å². The van der Waals surface area contributed by atoms with Crippen molar-refractivity contribution in [1.82, 2.24) is 15.1 Å². The second-order valence-corrected chi connectivity index (χ2v) is 6.41. The number of hydrogen-bond acceptors (Lipinski definition) is 3. The Balaban J connectivity index is 1.51. The maximum absolute atomic E-state index is 12.5. The summed E-state index contributed by atoms with van der Waals surface area (Å²) in [6, 6.07) is 1.15. The minimum absolute atomic E-state index is 0.00484. The number of nitrogens with one attached hydrogen (secondary N) is 1. The van der Waals surface area contributed by atoms with Gasteiger partial charge in [-0.1, -0.05) is 12.3 Å². The van der Waals surface area contributed by atoms with Gasteiger partial charge in [0.25, 0.3) is 0 Å². The fraction of sp³-hybridized carbons (Fsp3) is 0.812. The van der Waals surface area contributed by atoms with E-state index in [4.69, 9.17) is 6.42 Å². The summed E-state index contributed by atoms with van der Waals surface area (Å²) >= 11 is 0. The highest BCUT2D eigenvalue weighted by atomic mass is 16.2. The van der Waals surface area contributed by atoms with E-state index in [1.165, 1.54) is 12.8 Å². The van der Waals surface area contributed by atoms with Crippen LogP contribution < -0.4 is 5.32 Å². The normalized spacial score (nSPS) is 31.9. The maximum Gasteiger partial charge on any atom is 0.237 e. The Hall–Kier alpha value is -1.05. The number of carbonyl (C=O) groups excluding carboxylic acids is 1. The van der Waals surface area contributed by atoms with Crippen LogP contribution in [0.4, 0.5) is 0 Å². The second-order valence-electron chi connectivity index (χ2n) is 6.41. The molecule has 2 atom stereocenters. The van der Waals surface area contributed by atoms with Gasteiger partial charge < -0.3 is 5.32 Å². The Bertz CT molecular complexity index is 399. The van der Waals surface area contributed by atoms with Crippen LogP contribution in [0, 0.1) is 12.3 Å². The Labute approximate surface area is 121 Å². The summed E-state index contributed by atoms with van der Waals surface area (Å²) in [7, 11) is 0. The van der Waals surface area contributed by atoms with E-state index in [1.54, 1.807) is 0 Å². The zero-order chi connectivity index (χ0) is 13.9. The van der Waals surface area contributed by atoms with E-state index in [9.17, 15) is 4.79 Å². The third-order valence-electron chi connectivity index (χ3n) is 4.84. The molecule has 0 aromatic heterocycles. The molecule has 1 amide bonds. The zero-order valence-electron chi connectivity index (χ0n) is 12.2. The molecule has 2 saturated heterocycles. The van der Waals surface area contributed by atoms with Crippen LogP contribution in [-0.2, 0) is 4.79 Å². The van der Waals surface area contributed by atoms with Gasteiger partial charge in [-0.2, -0.15) is 0 Å². The predicted molar refractivity (Wildman–Crippen MR) is 79.2 cm³/mol. The number of terminal acetylenes is 1. The quantitative estimate of drug-likeness (QED) is 0.772. The third kappa shape index (κ3) is 3.16. The lowest BCUT2D eigenvalue weighted by Crippen LogP contribution is -2.52. The van der Waals surface area contributed by atoms with Gasteiger partial charge >= 0.3 is 0 Å². The first kappa shape index (κ1) is 13.9. The van der Waals surface area contributed by atoms with E-state index < -0.39 is 0 Å². The molecule has 0 spiro atoms. The van der Waals surface area contributed by atoms with Crippen molar-refractivity contribution in [2.45, 2.75) is 56.7 Å². The Morgan fingerprint density at radius 1 is 1.20 bits per heavy atom. The van der Waals surface area contributed by atoms with E-state index in [0.29, 0.717) is 12.6 Å². The summed E-state index contributed by atoms with van der Waals surface area (Å²) in [5.41, 5.74) is 0. The molecule has 110 valence electrons. The highest BCUT2D eigenvalue weighted by molar-refractivity contribution is 5.82. The largest absolute Gasteiger partial charge is 0.351 e.